The quantitative estimate of drug-likeness (QED) is 0.490. The number of rotatable bonds is 7. The highest BCUT2D eigenvalue weighted by atomic mass is 32.2. The summed E-state index contributed by atoms with van der Waals surface area (Å²) in [6.07, 6.45) is -1.92. The summed E-state index contributed by atoms with van der Waals surface area (Å²) >= 11 is 0.912. The molecule has 0 saturated heterocycles. The maximum absolute atomic E-state index is 12.6. The molecular weight excluding hydrogens is 430 g/mol. The van der Waals surface area contributed by atoms with E-state index in [-0.39, 0.29) is 23.0 Å². The van der Waals surface area contributed by atoms with Crippen LogP contribution in [0.2, 0.25) is 0 Å². The molecule has 0 amide bonds. The molecule has 0 spiro atoms. The molecule has 158 valence electrons. The van der Waals surface area contributed by atoms with Crippen LogP contribution in [-0.2, 0) is 39.2 Å². The number of thiazole rings is 1. The van der Waals surface area contributed by atoms with Gasteiger partial charge in [-0.1, -0.05) is 0 Å². The first-order chi connectivity index (χ1) is 13.7. The monoisotopic (exact) mass is 448 g/mol. The summed E-state index contributed by atoms with van der Waals surface area (Å²) < 4.78 is 62.6. The highest BCUT2D eigenvalue weighted by Gasteiger charge is 2.27. The minimum Gasteiger partial charge on any atom is -0.418 e. The number of halogens is 2. The fraction of sp³-hybridized carbons (Fsp3) is 0.467. The number of anilines is 1. The van der Waals surface area contributed by atoms with Crippen LogP contribution in [0.1, 0.15) is 22.5 Å². The Balaban J connectivity index is 1.82. The average molecular weight is 448 g/mol. The van der Waals surface area contributed by atoms with Crippen molar-refractivity contribution in [2.75, 3.05) is 16.7 Å². The van der Waals surface area contributed by atoms with E-state index in [1.807, 2.05) is 0 Å². The second-order valence-corrected chi connectivity index (χ2v) is 9.19. The van der Waals surface area contributed by atoms with Crippen LogP contribution in [0, 0.1) is 10.8 Å². The molecule has 29 heavy (non-hydrogen) atoms. The van der Waals surface area contributed by atoms with E-state index in [0.717, 1.165) is 21.3 Å². The van der Waals surface area contributed by atoms with Crippen LogP contribution in [0.25, 0.3) is 0 Å². The van der Waals surface area contributed by atoms with Gasteiger partial charge in [-0.25, -0.2) is 17.7 Å². The molecule has 1 aliphatic heterocycles. The molecule has 10 nitrogen and oxygen atoms in total. The van der Waals surface area contributed by atoms with Gasteiger partial charge in [0, 0.05) is 6.07 Å². The van der Waals surface area contributed by atoms with Crippen molar-refractivity contribution < 1.29 is 26.7 Å². The van der Waals surface area contributed by atoms with Crippen molar-refractivity contribution in [2.45, 2.75) is 33.0 Å². The lowest BCUT2D eigenvalue weighted by molar-refractivity contribution is 0.0801. The van der Waals surface area contributed by atoms with Crippen molar-refractivity contribution in [1.82, 2.24) is 14.8 Å². The summed E-state index contributed by atoms with van der Waals surface area (Å²) in [7, 11) is -3.69. The van der Waals surface area contributed by atoms with Crippen LogP contribution >= 0.6 is 11.3 Å². The Morgan fingerprint density at radius 3 is 2.90 bits per heavy atom. The van der Waals surface area contributed by atoms with Crippen LogP contribution in [-0.4, -0.2) is 53.8 Å². The van der Waals surface area contributed by atoms with E-state index in [0.29, 0.717) is 24.8 Å². The molecule has 0 unspecified atom stereocenters. The maximum atomic E-state index is 12.6. The lowest BCUT2D eigenvalue weighted by Crippen LogP contribution is -2.32. The lowest BCUT2D eigenvalue weighted by atomic mass is 10.4. The normalized spacial score (nSPS) is 13.9. The molecule has 3 rings (SSSR count). The van der Waals surface area contributed by atoms with Crippen molar-refractivity contribution in [2.24, 2.45) is 0 Å². The minimum absolute atomic E-state index is 0.0942. The van der Waals surface area contributed by atoms with Gasteiger partial charge in [0.15, 0.2) is 5.82 Å². The van der Waals surface area contributed by atoms with E-state index in [4.69, 9.17) is 15.6 Å². The molecule has 0 aromatic carbocycles. The van der Waals surface area contributed by atoms with Gasteiger partial charge in [0.2, 0.25) is 15.9 Å². The molecule has 3 heterocycles. The predicted octanol–water partition coefficient (Wildman–Crippen LogP) is 1.81. The SMILES string of the molecule is CCS(=O)(=O)N(Cc1ncc(C(=N)OC(=N)C(F)F)s1)c1cc2n(n1)CCOC2. The van der Waals surface area contributed by atoms with E-state index in [1.165, 1.54) is 13.1 Å². The van der Waals surface area contributed by atoms with Gasteiger partial charge in [-0.15, -0.1) is 11.3 Å². The second kappa shape index (κ2) is 8.51. The highest BCUT2D eigenvalue weighted by molar-refractivity contribution is 7.92. The summed E-state index contributed by atoms with van der Waals surface area (Å²) in [5.74, 6) is -1.92. The first kappa shape index (κ1) is 21.3. The van der Waals surface area contributed by atoms with Gasteiger partial charge in [0.05, 0.1) is 43.9 Å². The number of fused-ring (bicyclic) bond motifs is 1. The first-order valence-electron chi connectivity index (χ1n) is 8.44. The third-order valence-electron chi connectivity index (χ3n) is 3.97. The van der Waals surface area contributed by atoms with Crippen molar-refractivity contribution in [1.29, 1.82) is 10.8 Å². The van der Waals surface area contributed by atoms with Crippen LogP contribution < -0.4 is 4.31 Å². The molecule has 0 atom stereocenters. The zero-order valence-electron chi connectivity index (χ0n) is 15.3. The van der Waals surface area contributed by atoms with Gasteiger partial charge in [0.25, 0.3) is 5.90 Å². The molecule has 1 aliphatic rings. The van der Waals surface area contributed by atoms with Gasteiger partial charge in [0.1, 0.15) is 9.88 Å². The molecule has 0 bridgehead atoms. The minimum atomic E-state index is -3.69. The Labute approximate surface area is 169 Å². The number of sulfonamides is 1. The molecule has 0 saturated carbocycles. The summed E-state index contributed by atoms with van der Waals surface area (Å²) in [5.41, 5.74) is 0.753. The van der Waals surface area contributed by atoms with Crippen molar-refractivity contribution in [3.8, 4) is 0 Å². The topological polar surface area (TPSA) is 134 Å². The van der Waals surface area contributed by atoms with Crippen molar-refractivity contribution >= 4 is 39.0 Å². The molecule has 2 aromatic heterocycles. The number of aromatic nitrogens is 3. The Hall–Kier alpha value is -2.45. The van der Waals surface area contributed by atoms with Gasteiger partial charge in [-0.3, -0.25) is 15.5 Å². The number of hydrogen-bond acceptors (Lipinski definition) is 9. The molecular formula is C15H18F2N6O4S2. The number of alkyl halides is 2. The van der Waals surface area contributed by atoms with Crippen LogP contribution in [0.4, 0.5) is 14.6 Å². The van der Waals surface area contributed by atoms with E-state index in [1.54, 1.807) is 10.7 Å². The average Bonchev–Trinajstić information content (AvgIpc) is 3.32. The zero-order chi connectivity index (χ0) is 21.2. The van der Waals surface area contributed by atoms with Crippen LogP contribution in [0.3, 0.4) is 0 Å². The Morgan fingerprint density at radius 1 is 1.48 bits per heavy atom. The lowest BCUT2D eigenvalue weighted by Gasteiger charge is -2.20. The first-order valence-corrected chi connectivity index (χ1v) is 10.9. The Bertz CT molecular complexity index is 996. The zero-order valence-corrected chi connectivity index (χ0v) is 16.9. The summed E-state index contributed by atoms with van der Waals surface area (Å²) in [6, 6.07) is 1.63. The smallest absolute Gasteiger partial charge is 0.312 e. The number of hydrogen-bond donors (Lipinski definition) is 2. The third-order valence-corrected chi connectivity index (χ3v) is 6.67. The van der Waals surface area contributed by atoms with Gasteiger partial charge >= 0.3 is 6.43 Å². The van der Waals surface area contributed by atoms with E-state index < -0.39 is 28.2 Å². The van der Waals surface area contributed by atoms with Crippen LogP contribution in [0.15, 0.2) is 12.3 Å². The standard InChI is InChI=1S/C15H18F2N6O4S2/c1-2-29(24,25)23(11-5-9-8-26-4-3-22(9)21-11)7-12-20-6-10(28-12)14(18)27-15(19)13(16)17/h5-6,13,18-19H,2-4,7-8H2,1H3. The molecule has 0 fully saturated rings. The molecule has 0 aliphatic carbocycles. The highest BCUT2D eigenvalue weighted by Crippen LogP contribution is 2.25. The van der Waals surface area contributed by atoms with E-state index in [2.05, 4.69) is 14.8 Å². The van der Waals surface area contributed by atoms with E-state index >= 15 is 0 Å². The van der Waals surface area contributed by atoms with Crippen molar-refractivity contribution in [3.05, 3.63) is 27.8 Å². The predicted molar refractivity (Wildman–Crippen MR) is 101 cm³/mol. The fourth-order valence-corrected chi connectivity index (χ4v) is 4.37. The third kappa shape index (κ3) is 4.76. The van der Waals surface area contributed by atoms with Crippen LogP contribution in [0.5, 0.6) is 0 Å². The second-order valence-electron chi connectivity index (χ2n) is 5.89. The molecule has 2 N–H and O–H groups in total. The Morgan fingerprint density at radius 2 is 2.24 bits per heavy atom. The van der Waals surface area contributed by atoms with Gasteiger partial charge < -0.3 is 9.47 Å². The molecule has 14 heteroatoms. The Kier molecular flexibility index (Phi) is 6.24. The maximum Gasteiger partial charge on any atom is 0.312 e. The van der Waals surface area contributed by atoms with E-state index in [9.17, 15) is 17.2 Å². The largest absolute Gasteiger partial charge is 0.418 e. The van der Waals surface area contributed by atoms with Gasteiger partial charge in [-0.2, -0.15) is 13.9 Å². The van der Waals surface area contributed by atoms with Crippen molar-refractivity contribution in [3.63, 3.8) is 0 Å². The fourth-order valence-electron chi connectivity index (χ4n) is 2.49. The van der Waals surface area contributed by atoms with Gasteiger partial charge in [-0.05, 0) is 6.92 Å². The summed E-state index contributed by atoms with van der Waals surface area (Å²) in [5, 5.41) is 19.3. The number of nitrogens with one attached hydrogen (secondary N) is 2. The number of nitrogens with zero attached hydrogens (tertiary/aromatic N) is 4. The number of ether oxygens (including phenoxy) is 2. The summed E-state index contributed by atoms with van der Waals surface area (Å²) in [4.78, 5) is 4.15. The molecule has 0 radical (unpaired) electrons. The molecule has 2 aromatic rings. The summed E-state index contributed by atoms with van der Waals surface area (Å²) in [6.45, 7) is 2.70.